The molecule has 0 atom stereocenters. The van der Waals surface area contributed by atoms with E-state index in [0.29, 0.717) is 19.0 Å². The van der Waals surface area contributed by atoms with E-state index in [9.17, 15) is 8.42 Å². The average Bonchev–Trinajstić information content (AvgIpc) is 2.91. The summed E-state index contributed by atoms with van der Waals surface area (Å²) in [6.45, 7) is 1.18. The van der Waals surface area contributed by atoms with Gasteiger partial charge in [-0.05, 0) is 25.0 Å². The minimum absolute atomic E-state index is 0.00576. The number of sulfonamides is 1. The van der Waals surface area contributed by atoms with Crippen molar-refractivity contribution in [2.75, 3.05) is 17.8 Å². The molecule has 0 aliphatic carbocycles. The summed E-state index contributed by atoms with van der Waals surface area (Å²) in [7, 11) is -3.12. The first-order chi connectivity index (χ1) is 9.60. The molecule has 3 rings (SSSR count). The molecule has 108 valence electrons. The summed E-state index contributed by atoms with van der Waals surface area (Å²) in [5.41, 5.74) is 1.04. The lowest BCUT2D eigenvalue weighted by Gasteiger charge is -2.29. The van der Waals surface area contributed by atoms with E-state index >= 15 is 0 Å². The van der Waals surface area contributed by atoms with Crippen molar-refractivity contribution in [3.8, 4) is 0 Å². The maximum atomic E-state index is 11.8. The molecule has 0 amide bonds. The number of thiazole rings is 1. The zero-order valence-corrected chi connectivity index (χ0v) is 14.0. The molecule has 0 saturated carbocycles. The third-order valence-corrected chi connectivity index (χ3v) is 8.01. The highest BCUT2D eigenvalue weighted by Crippen LogP contribution is 2.34. The molecular formula is C13H15BrN2O2S2. The Morgan fingerprint density at radius 2 is 2.00 bits per heavy atom. The van der Waals surface area contributed by atoms with Gasteiger partial charge < -0.3 is 0 Å². The van der Waals surface area contributed by atoms with E-state index in [0.717, 1.165) is 23.4 Å². The number of hydrogen-bond donors (Lipinski definition) is 0. The van der Waals surface area contributed by atoms with E-state index in [2.05, 4.69) is 27.0 Å². The number of hydrogen-bond acceptors (Lipinski definition) is 4. The van der Waals surface area contributed by atoms with Crippen LogP contribution in [0, 0.1) is 0 Å². The van der Waals surface area contributed by atoms with Crippen molar-refractivity contribution in [1.29, 1.82) is 0 Å². The minimum Gasteiger partial charge on any atom is -0.241 e. The topological polar surface area (TPSA) is 50.3 Å². The molecule has 0 bridgehead atoms. The quantitative estimate of drug-likeness (QED) is 0.775. The first-order valence-corrected chi connectivity index (χ1v) is 10.0. The molecule has 4 nitrogen and oxygen atoms in total. The zero-order valence-electron chi connectivity index (χ0n) is 10.8. The fourth-order valence-corrected chi connectivity index (χ4v) is 5.42. The van der Waals surface area contributed by atoms with Gasteiger partial charge in [-0.3, -0.25) is 0 Å². The van der Waals surface area contributed by atoms with Crippen LogP contribution in [-0.2, 0) is 10.0 Å². The Labute approximate surface area is 131 Å². The van der Waals surface area contributed by atoms with Crippen LogP contribution in [0.4, 0.5) is 0 Å². The van der Waals surface area contributed by atoms with Gasteiger partial charge in [-0.15, -0.1) is 11.3 Å². The standard InChI is InChI=1S/C13H15BrN2O2S2/c14-9-20(17,18)16-7-5-10(6-8-16)13-15-11-3-1-2-4-12(11)19-13/h1-4,10H,5-9H2. The normalized spacial score (nSPS) is 18.6. The van der Waals surface area contributed by atoms with E-state index in [1.165, 1.54) is 4.70 Å². The summed E-state index contributed by atoms with van der Waals surface area (Å²) in [5.74, 6) is 0.383. The second-order valence-electron chi connectivity index (χ2n) is 4.91. The van der Waals surface area contributed by atoms with Gasteiger partial charge in [-0.1, -0.05) is 28.1 Å². The summed E-state index contributed by atoms with van der Waals surface area (Å²) < 4.78 is 26.4. The number of benzene rings is 1. The van der Waals surface area contributed by atoms with Crippen LogP contribution in [0.3, 0.4) is 0 Å². The first-order valence-electron chi connectivity index (χ1n) is 6.49. The predicted octanol–water partition coefficient (Wildman–Crippen LogP) is 3.16. The van der Waals surface area contributed by atoms with Gasteiger partial charge in [-0.2, -0.15) is 0 Å². The number of aromatic nitrogens is 1. The van der Waals surface area contributed by atoms with Crippen LogP contribution >= 0.6 is 27.3 Å². The molecule has 0 unspecified atom stereocenters. The lowest BCUT2D eigenvalue weighted by molar-refractivity contribution is 0.321. The van der Waals surface area contributed by atoms with Gasteiger partial charge >= 0.3 is 0 Å². The Hall–Kier alpha value is -0.500. The molecule has 0 N–H and O–H groups in total. The highest BCUT2D eigenvalue weighted by atomic mass is 79.9. The molecular weight excluding hydrogens is 360 g/mol. The van der Waals surface area contributed by atoms with Gasteiger partial charge in [0.15, 0.2) is 0 Å². The number of rotatable bonds is 3. The van der Waals surface area contributed by atoms with Crippen molar-refractivity contribution < 1.29 is 8.42 Å². The molecule has 2 heterocycles. The molecule has 2 aromatic rings. The monoisotopic (exact) mass is 374 g/mol. The molecule has 1 aromatic heterocycles. The van der Waals surface area contributed by atoms with Crippen LogP contribution in [0.2, 0.25) is 0 Å². The summed E-state index contributed by atoms with van der Waals surface area (Å²) in [5, 5.41) is 1.14. The van der Waals surface area contributed by atoms with Gasteiger partial charge in [0.1, 0.15) is 4.66 Å². The van der Waals surface area contributed by atoms with Crippen LogP contribution in [0.1, 0.15) is 23.8 Å². The Morgan fingerprint density at radius 1 is 1.30 bits per heavy atom. The van der Waals surface area contributed by atoms with Crippen molar-refractivity contribution in [3.05, 3.63) is 29.3 Å². The maximum Gasteiger partial charge on any atom is 0.224 e. The van der Waals surface area contributed by atoms with Gasteiger partial charge in [0, 0.05) is 19.0 Å². The Balaban J connectivity index is 1.75. The molecule has 1 fully saturated rings. The average molecular weight is 375 g/mol. The Bertz CT molecular complexity index is 673. The number of nitrogens with zero attached hydrogens (tertiary/aromatic N) is 2. The van der Waals surface area contributed by atoms with E-state index in [4.69, 9.17) is 0 Å². The fourth-order valence-electron chi connectivity index (χ4n) is 2.51. The van der Waals surface area contributed by atoms with Crippen LogP contribution in [-0.4, -0.2) is 35.5 Å². The summed E-state index contributed by atoms with van der Waals surface area (Å²) in [6.07, 6.45) is 1.71. The molecule has 0 radical (unpaired) electrons. The predicted molar refractivity (Wildman–Crippen MR) is 85.9 cm³/mol. The molecule has 1 aliphatic rings. The number of fused-ring (bicyclic) bond motifs is 1. The fraction of sp³-hybridized carbons (Fsp3) is 0.462. The molecule has 1 saturated heterocycles. The van der Waals surface area contributed by atoms with Crippen LogP contribution in [0.15, 0.2) is 24.3 Å². The third-order valence-electron chi connectivity index (χ3n) is 3.64. The Morgan fingerprint density at radius 3 is 2.65 bits per heavy atom. The van der Waals surface area contributed by atoms with E-state index in [1.807, 2.05) is 18.2 Å². The van der Waals surface area contributed by atoms with Crippen molar-refractivity contribution in [2.45, 2.75) is 18.8 Å². The van der Waals surface area contributed by atoms with E-state index < -0.39 is 10.0 Å². The lowest BCUT2D eigenvalue weighted by atomic mass is 9.99. The lowest BCUT2D eigenvalue weighted by Crippen LogP contribution is -2.38. The summed E-state index contributed by atoms with van der Waals surface area (Å²) >= 11 is 4.78. The highest BCUT2D eigenvalue weighted by molar-refractivity contribution is 9.10. The second kappa shape index (κ2) is 5.71. The van der Waals surface area contributed by atoms with E-state index in [1.54, 1.807) is 15.6 Å². The zero-order chi connectivity index (χ0) is 14.2. The smallest absolute Gasteiger partial charge is 0.224 e. The molecule has 0 spiro atoms. The van der Waals surface area contributed by atoms with E-state index in [-0.39, 0.29) is 4.66 Å². The molecule has 20 heavy (non-hydrogen) atoms. The molecule has 1 aromatic carbocycles. The minimum atomic E-state index is -3.12. The van der Waals surface area contributed by atoms with Crippen molar-refractivity contribution in [1.82, 2.24) is 9.29 Å². The number of halogens is 1. The maximum absolute atomic E-state index is 11.8. The van der Waals surface area contributed by atoms with Crippen molar-refractivity contribution >= 4 is 47.5 Å². The summed E-state index contributed by atoms with van der Waals surface area (Å²) in [4.78, 5) is 4.69. The highest BCUT2D eigenvalue weighted by Gasteiger charge is 2.29. The van der Waals surface area contributed by atoms with Crippen molar-refractivity contribution in [3.63, 3.8) is 0 Å². The largest absolute Gasteiger partial charge is 0.241 e. The van der Waals surface area contributed by atoms with Gasteiger partial charge in [-0.25, -0.2) is 17.7 Å². The van der Waals surface area contributed by atoms with Gasteiger partial charge in [0.25, 0.3) is 0 Å². The molecule has 7 heteroatoms. The van der Waals surface area contributed by atoms with Gasteiger partial charge in [0.05, 0.1) is 15.2 Å². The SMILES string of the molecule is O=S(=O)(CBr)N1CCC(c2nc3ccccc3s2)CC1. The number of alkyl halides is 1. The van der Waals surface area contributed by atoms with Crippen molar-refractivity contribution in [2.24, 2.45) is 0 Å². The first kappa shape index (κ1) is 14.4. The number of para-hydroxylation sites is 1. The molecule has 1 aliphatic heterocycles. The van der Waals surface area contributed by atoms with Crippen LogP contribution < -0.4 is 0 Å². The second-order valence-corrected chi connectivity index (χ2v) is 9.25. The van der Waals surface area contributed by atoms with Crippen LogP contribution in [0.25, 0.3) is 10.2 Å². The van der Waals surface area contributed by atoms with Crippen LogP contribution in [0.5, 0.6) is 0 Å². The Kier molecular flexibility index (Phi) is 4.12. The third kappa shape index (κ3) is 2.77. The number of piperidine rings is 1. The van der Waals surface area contributed by atoms with Gasteiger partial charge in [0.2, 0.25) is 10.0 Å². The summed E-state index contributed by atoms with van der Waals surface area (Å²) in [6, 6.07) is 8.13.